The van der Waals surface area contributed by atoms with E-state index in [9.17, 15) is 9.18 Å². The van der Waals surface area contributed by atoms with Gasteiger partial charge in [0.05, 0.1) is 12.5 Å². The van der Waals surface area contributed by atoms with Crippen LogP contribution < -0.4 is 4.74 Å². The fraction of sp³-hybridized carbons (Fsp3) is 0.423. The monoisotopic (exact) mass is 441 g/mol. The van der Waals surface area contributed by atoms with Gasteiger partial charge in [-0.1, -0.05) is 30.8 Å². The summed E-state index contributed by atoms with van der Waals surface area (Å²) in [6.07, 6.45) is 4.00. The molecule has 1 fully saturated rings. The van der Waals surface area contributed by atoms with Crippen molar-refractivity contribution in [3.63, 3.8) is 0 Å². The number of piperidine rings is 1. The normalized spacial score (nSPS) is 16.7. The van der Waals surface area contributed by atoms with Crippen LogP contribution in [0.5, 0.6) is 5.75 Å². The third-order valence-corrected chi connectivity index (χ3v) is 7.60. The molecule has 0 unspecified atom stereocenters. The SMILES string of the molecule is C=CC(C)(C)N1CCC(C(=O)CC)(c2ccc(OC)cc2Sc2ccc(F)cc2)CC1. The van der Waals surface area contributed by atoms with E-state index in [4.69, 9.17) is 4.74 Å². The van der Waals surface area contributed by atoms with Gasteiger partial charge in [-0.15, -0.1) is 6.58 Å². The standard InChI is InChI=1S/C26H32FNO2S/c1-6-24(29)26(14-16-28(17-15-26)25(3,4)7-2)22-13-10-20(30-5)18-23(22)31-21-11-8-19(27)9-12-21/h7-13,18H,2,6,14-17H2,1,3-5H3. The molecule has 2 aromatic rings. The summed E-state index contributed by atoms with van der Waals surface area (Å²) in [5.41, 5.74) is 0.412. The van der Waals surface area contributed by atoms with Crippen LogP contribution in [0.25, 0.3) is 0 Å². The summed E-state index contributed by atoms with van der Waals surface area (Å²) < 4.78 is 18.9. The Kier molecular flexibility index (Phi) is 7.28. The zero-order valence-corrected chi connectivity index (χ0v) is 19.7. The summed E-state index contributed by atoms with van der Waals surface area (Å²) in [6, 6.07) is 12.4. The van der Waals surface area contributed by atoms with E-state index in [2.05, 4.69) is 25.3 Å². The van der Waals surface area contributed by atoms with Crippen LogP contribution in [0.15, 0.2) is 64.9 Å². The Bertz CT molecular complexity index is 931. The molecule has 0 atom stereocenters. The molecule has 1 heterocycles. The number of methoxy groups -OCH3 is 1. The van der Waals surface area contributed by atoms with Crippen LogP contribution in [-0.4, -0.2) is 36.4 Å². The van der Waals surface area contributed by atoms with Crippen molar-refractivity contribution >= 4 is 17.5 Å². The van der Waals surface area contributed by atoms with Gasteiger partial charge in [0.25, 0.3) is 0 Å². The third kappa shape index (κ3) is 4.88. The van der Waals surface area contributed by atoms with Crippen molar-refractivity contribution in [2.24, 2.45) is 0 Å². The maximum atomic E-state index is 13.4. The number of hydrogen-bond acceptors (Lipinski definition) is 4. The van der Waals surface area contributed by atoms with E-state index in [1.54, 1.807) is 31.0 Å². The van der Waals surface area contributed by atoms with Crippen LogP contribution in [0.2, 0.25) is 0 Å². The molecule has 0 bridgehead atoms. The summed E-state index contributed by atoms with van der Waals surface area (Å²) in [6.45, 7) is 11.9. The summed E-state index contributed by atoms with van der Waals surface area (Å²) in [5, 5.41) is 0. The molecule has 166 valence electrons. The second kappa shape index (κ2) is 9.58. The number of Topliss-reactive ketones (excluding diaryl/α,β-unsaturated/α-hetero) is 1. The average molecular weight is 442 g/mol. The first kappa shape index (κ1) is 23.6. The van der Waals surface area contributed by atoms with Crippen molar-refractivity contribution < 1.29 is 13.9 Å². The van der Waals surface area contributed by atoms with Gasteiger partial charge < -0.3 is 4.74 Å². The Morgan fingerprint density at radius 3 is 2.42 bits per heavy atom. The number of ketones is 1. The number of hydrogen-bond donors (Lipinski definition) is 0. The van der Waals surface area contributed by atoms with Gasteiger partial charge in [-0.3, -0.25) is 9.69 Å². The maximum Gasteiger partial charge on any atom is 0.143 e. The molecular formula is C26H32FNO2S. The maximum absolute atomic E-state index is 13.4. The van der Waals surface area contributed by atoms with Crippen LogP contribution in [0, 0.1) is 5.82 Å². The molecule has 3 nitrogen and oxygen atoms in total. The van der Waals surface area contributed by atoms with Crippen molar-refractivity contribution in [3.05, 3.63) is 66.5 Å². The van der Waals surface area contributed by atoms with Crippen molar-refractivity contribution in [1.82, 2.24) is 4.90 Å². The van der Waals surface area contributed by atoms with Gasteiger partial charge >= 0.3 is 0 Å². The van der Waals surface area contributed by atoms with Crippen LogP contribution in [0.3, 0.4) is 0 Å². The molecule has 0 radical (unpaired) electrons. The first-order valence-corrected chi connectivity index (χ1v) is 11.6. The third-order valence-electron chi connectivity index (χ3n) is 6.53. The molecule has 1 aliphatic heterocycles. The lowest BCUT2D eigenvalue weighted by molar-refractivity contribution is -0.126. The molecule has 1 aliphatic rings. The fourth-order valence-electron chi connectivity index (χ4n) is 4.37. The van der Waals surface area contributed by atoms with Crippen LogP contribution >= 0.6 is 11.8 Å². The molecule has 0 spiro atoms. The molecule has 0 amide bonds. The number of rotatable bonds is 8. The molecular weight excluding hydrogens is 409 g/mol. The number of halogens is 1. The molecule has 0 saturated carbocycles. The van der Waals surface area contributed by atoms with Crippen LogP contribution in [-0.2, 0) is 10.2 Å². The number of ether oxygens (including phenoxy) is 1. The smallest absolute Gasteiger partial charge is 0.143 e. The minimum Gasteiger partial charge on any atom is -0.497 e. The Morgan fingerprint density at radius 1 is 1.23 bits per heavy atom. The van der Waals surface area contributed by atoms with Gasteiger partial charge in [0.15, 0.2) is 0 Å². The topological polar surface area (TPSA) is 29.5 Å². The summed E-state index contributed by atoms with van der Waals surface area (Å²) in [7, 11) is 1.64. The molecule has 2 aromatic carbocycles. The predicted octanol–water partition coefficient (Wildman–Crippen LogP) is 6.26. The Hall–Kier alpha value is -2.11. The number of benzene rings is 2. The number of likely N-dealkylation sites (tertiary alicyclic amines) is 1. The van der Waals surface area contributed by atoms with Gasteiger partial charge in [0.1, 0.15) is 17.3 Å². The summed E-state index contributed by atoms with van der Waals surface area (Å²) in [5.74, 6) is 0.761. The van der Waals surface area contributed by atoms with Gasteiger partial charge in [-0.25, -0.2) is 4.39 Å². The van der Waals surface area contributed by atoms with Gasteiger partial charge in [-0.2, -0.15) is 0 Å². The van der Waals surface area contributed by atoms with Crippen molar-refractivity contribution in [3.8, 4) is 5.75 Å². The minimum absolute atomic E-state index is 0.104. The van der Waals surface area contributed by atoms with E-state index in [1.165, 1.54) is 12.1 Å². The predicted molar refractivity (Wildman–Crippen MR) is 126 cm³/mol. The average Bonchev–Trinajstić information content (AvgIpc) is 2.80. The minimum atomic E-state index is -0.531. The zero-order valence-electron chi connectivity index (χ0n) is 18.9. The van der Waals surface area contributed by atoms with E-state index < -0.39 is 5.41 Å². The Labute approximate surface area is 189 Å². The van der Waals surface area contributed by atoms with E-state index in [1.807, 2.05) is 31.2 Å². The lowest BCUT2D eigenvalue weighted by atomic mass is 9.68. The van der Waals surface area contributed by atoms with Crippen molar-refractivity contribution in [1.29, 1.82) is 0 Å². The fourth-order valence-corrected chi connectivity index (χ4v) is 5.44. The van der Waals surface area contributed by atoms with Crippen LogP contribution in [0.4, 0.5) is 4.39 Å². The molecule has 0 aliphatic carbocycles. The molecule has 0 aromatic heterocycles. The van der Waals surface area contributed by atoms with Crippen LogP contribution in [0.1, 0.15) is 45.6 Å². The second-order valence-corrected chi connectivity index (χ2v) is 9.74. The van der Waals surface area contributed by atoms with Gasteiger partial charge in [-0.05, 0) is 68.7 Å². The number of carbonyl (C=O) groups is 1. The van der Waals surface area contributed by atoms with Crippen molar-refractivity contribution in [2.45, 2.75) is 60.8 Å². The van der Waals surface area contributed by atoms with E-state index in [-0.39, 0.29) is 17.1 Å². The Balaban J connectivity index is 2.03. The highest BCUT2D eigenvalue weighted by Crippen LogP contribution is 2.45. The Morgan fingerprint density at radius 2 is 1.87 bits per heavy atom. The summed E-state index contributed by atoms with van der Waals surface area (Å²) >= 11 is 1.55. The largest absolute Gasteiger partial charge is 0.497 e. The summed E-state index contributed by atoms with van der Waals surface area (Å²) in [4.78, 5) is 17.7. The van der Waals surface area contributed by atoms with Gasteiger partial charge in [0, 0.05) is 34.8 Å². The van der Waals surface area contributed by atoms with Gasteiger partial charge in [0.2, 0.25) is 0 Å². The number of nitrogens with zero attached hydrogens (tertiary/aromatic N) is 1. The first-order valence-electron chi connectivity index (χ1n) is 10.8. The molecule has 3 rings (SSSR count). The zero-order chi connectivity index (χ0) is 22.6. The molecule has 1 saturated heterocycles. The number of carbonyl (C=O) groups excluding carboxylic acids is 1. The molecule has 0 N–H and O–H groups in total. The highest BCUT2D eigenvalue weighted by atomic mass is 32.2. The van der Waals surface area contributed by atoms with E-state index in [0.29, 0.717) is 6.42 Å². The van der Waals surface area contributed by atoms with E-state index in [0.717, 1.165) is 47.0 Å². The molecule has 31 heavy (non-hydrogen) atoms. The quantitative estimate of drug-likeness (QED) is 0.452. The van der Waals surface area contributed by atoms with Crippen molar-refractivity contribution in [2.75, 3.05) is 20.2 Å². The highest BCUT2D eigenvalue weighted by molar-refractivity contribution is 7.99. The first-order chi connectivity index (χ1) is 14.8. The lowest BCUT2D eigenvalue weighted by Crippen LogP contribution is -2.53. The van der Waals surface area contributed by atoms with E-state index >= 15 is 0 Å². The highest BCUT2D eigenvalue weighted by Gasteiger charge is 2.44. The molecule has 5 heteroatoms. The second-order valence-electron chi connectivity index (χ2n) is 8.62. The lowest BCUT2D eigenvalue weighted by Gasteiger charge is -2.46.